The third-order valence-corrected chi connectivity index (χ3v) is 3.15. The molecule has 2 heterocycles. The molecule has 0 saturated carbocycles. The van der Waals surface area contributed by atoms with Crippen molar-refractivity contribution < 1.29 is 14.6 Å². The summed E-state index contributed by atoms with van der Waals surface area (Å²) in [5, 5.41) is 9.00. The highest BCUT2D eigenvalue weighted by Crippen LogP contribution is 2.16. The monoisotopic (exact) mass is 265 g/mol. The van der Waals surface area contributed by atoms with E-state index in [4.69, 9.17) is 9.84 Å². The van der Waals surface area contributed by atoms with E-state index in [0.717, 1.165) is 19.4 Å². The van der Waals surface area contributed by atoms with Gasteiger partial charge in [0.2, 0.25) is 5.95 Å². The van der Waals surface area contributed by atoms with Gasteiger partial charge in [0.25, 0.3) is 0 Å². The van der Waals surface area contributed by atoms with Crippen molar-refractivity contribution in [2.75, 3.05) is 25.1 Å². The zero-order chi connectivity index (χ0) is 13.8. The van der Waals surface area contributed by atoms with Crippen molar-refractivity contribution in [3.63, 3.8) is 0 Å². The van der Waals surface area contributed by atoms with E-state index in [1.165, 1.54) is 12.5 Å². The predicted octanol–water partition coefficient (Wildman–Crippen LogP) is 1.49. The lowest BCUT2D eigenvalue weighted by atomic mass is 10.1. The number of carboxylic acid groups (broad SMARTS) is 1. The highest BCUT2D eigenvalue weighted by atomic mass is 16.5. The Balaban J connectivity index is 2.09. The maximum absolute atomic E-state index is 11.0. The van der Waals surface area contributed by atoms with E-state index in [1.807, 2.05) is 11.9 Å². The van der Waals surface area contributed by atoms with E-state index in [-0.39, 0.29) is 11.8 Å². The summed E-state index contributed by atoms with van der Waals surface area (Å²) < 4.78 is 5.66. The van der Waals surface area contributed by atoms with Crippen LogP contribution in [0, 0.1) is 6.92 Å². The molecule has 1 N–H and O–H groups in total. The summed E-state index contributed by atoms with van der Waals surface area (Å²) in [6.07, 6.45) is 3.50. The van der Waals surface area contributed by atoms with Gasteiger partial charge in [-0.1, -0.05) is 0 Å². The summed E-state index contributed by atoms with van der Waals surface area (Å²) in [5.41, 5.74) is 0.678. The largest absolute Gasteiger partial charge is 0.477 e. The normalized spacial score (nSPS) is 19.2. The Kier molecular flexibility index (Phi) is 4.31. The Morgan fingerprint density at radius 3 is 2.95 bits per heavy atom. The summed E-state index contributed by atoms with van der Waals surface area (Å²) in [4.78, 5) is 21.2. The Morgan fingerprint density at radius 1 is 1.53 bits per heavy atom. The lowest BCUT2D eigenvalue weighted by Crippen LogP contribution is -2.34. The van der Waals surface area contributed by atoms with Gasteiger partial charge in [0.1, 0.15) is 0 Å². The number of nitrogens with zero attached hydrogens (tertiary/aromatic N) is 3. The van der Waals surface area contributed by atoms with Crippen LogP contribution in [-0.2, 0) is 4.74 Å². The van der Waals surface area contributed by atoms with E-state index in [9.17, 15) is 4.79 Å². The van der Waals surface area contributed by atoms with Gasteiger partial charge < -0.3 is 14.7 Å². The molecule has 6 nitrogen and oxygen atoms in total. The number of anilines is 1. The van der Waals surface area contributed by atoms with Gasteiger partial charge in [-0.2, -0.15) is 0 Å². The van der Waals surface area contributed by atoms with E-state index in [2.05, 4.69) is 9.97 Å². The molecule has 1 atom stereocenters. The first-order valence-corrected chi connectivity index (χ1v) is 6.48. The smallest absolute Gasteiger partial charge is 0.354 e. The summed E-state index contributed by atoms with van der Waals surface area (Å²) in [7, 11) is 1.86. The lowest BCUT2D eigenvalue weighted by Gasteiger charge is -2.27. The number of rotatable bonds is 4. The van der Waals surface area contributed by atoms with Crippen LogP contribution in [0.3, 0.4) is 0 Å². The van der Waals surface area contributed by atoms with Gasteiger partial charge in [-0.05, 0) is 32.3 Å². The molecule has 0 aliphatic carbocycles. The van der Waals surface area contributed by atoms with Gasteiger partial charge in [0.05, 0.1) is 6.10 Å². The molecule has 1 unspecified atom stereocenters. The van der Waals surface area contributed by atoms with Crippen LogP contribution >= 0.6 is 0 Å². The number of ether oxygens (including phenoxy) is 1. The number of hydrogen-bond acceptors (Lipinski definition) is 5. The van der Waals surface area contributed by atoms with Gasteiger partial charge in [0, 0.05) is 25.9 Å². The second-order valence-corrected chi connectivity index (χ2v) is 4.87. The van der Waals surface area contributed by atoms with Crippen molar-refractivity contribution in [3.8, 4) is 0 Å². The quantitative estimate of drug-likeness (QED) is 0.889. The molecule has 1 fully saturated rings. The first-order valence-electron chi connectivity index (χ1n) is 6.48. The second-order valence-electron chi connectivity index (χ2n) is 4.87. The van der Waals surface area contributed by atoms with Gasteiger partial charge in [-0.3, -0.25) is 0 Å². The lowest BCUT2D eigenvalue weighted by molar-refractivity contribution is 0.0214. The van der Waals surface area contributed by atoms with Crippen LogP contribution in [0.5, 0.6) is 0 Å². The number of carbonyl (C=O) groups is 1. The standard InChI is InChI=1S/C13H19N3O3/c1-9-7-11(12(17)18)15-13(14-9)16(2)8-10-5-3-4-6-19-10/h7,10H,3-6,8H2,1-2H3,(H,17,18). The number of likely N-dealkylation sites (N-methyl/N-ethyl adjacent to an activating group) is 1. The van der Waals surface area contributed by atoms with Crippen molar-refractivity contribution in [3.05, 3.63) is 17.5 Å². The topological polar surface area (TPSA) is 75.5 Å². The van der Waals surface area contributed by atoms with Crippen LogP contribution in [0.15, 0.2) is 6.07 Å². The molecule has 1 aromatic heterocycles. The Morgan fingerprint density at radius 2 is 2.32 bits per heavy atom. The minimum Gasteiger partial charge on any atom is -0.477 e. The molecule has 0 radical (unpaired) electrons. The molecule has 0 amide bonds. The van der Waals surface area contributed by atoms with Crippen LogP contribution in [0.2, 0.25) is 0 Å². The molecule has 1 aliphatic heterocycles. The number of hydrogen-bond donors (Lipinski definition) is 1. The fourth-order valence-corrected chi connectivity index (χ4v) is 2.17. The average Bonchev–Trinajstić information content (AvgIpc) is 2.39. The molecule has 0 bridgehead atoms. The number of aryl methyl sites for hydroxylation is 1. The van der Waals surface area contributed by atoms with Crippen LogP contribution in [-0.4, -0.2) is 47.3 Å². The third-order valence-electron chi connectivity index (χ3n) is 3.15. The van der Waals surface area contributed by atoms with Crippen LogP contribution in [0.25, 0.3) is 0 Å². The molecule has 1 saturated heterocycles. The zero-order valence-electron chi connectivity index (χ0n) is 11.3. The molecular formula is C13H19N3O3. The molecule has 104 valence electrons. The van der Waals surface area contributed by atoms with Gasteiger partial charge in [0.15, 0.2) is 5.69 Å². The summed E-state index contributed by atoms with van der Waals surface area (Å²) in [6.45, 7) is 3.25. The molecule has 0 aromatic carbocycles. The van der Waals surface area contributed by atoms with E-state index in [0.29, 0.717) is 18.2 Å². The van der Waals surface area contributed by atoms with Crippen molar-refractivity contribution in [2.24, 2.45) is 0 Å². The van der Waals surface area contributed by atoms with Crippen molar-refractivity contribution in [2.45, 2.75) is 32.3 Å². The fraction of sp³-hybridized carbons (Fsp3) is 0.615. The predicted molar refractivity (Wildman–Crippen MR) is 70.6 cm³/mol. The highest BCUT2D eigenvalue weighted by Gasteiger charge is 2.18. The van der Waals surface area contributed by atoms with Crippen LogP contribution < -0.4 is 4.90 Å². The molecule has 1 aliphatic rings. The van der Waals surface area contributed by atoms with E-state index >= 15 is 0 Å². The van der Waals surface area contributed by atoms with Gasteiger partial charge >= 0.3 is 5.97 Å². The minimum absolute atomic E-state index is 0.0268. The zero-order valence-corrected chi connectivity index (χ0v) is 11.3. The molecule has 19 heavy (non-hydrogen) atoms. The SMILES string of the molecule is Cc1cc(C(=O)O)nc(N(C)CC2CCCCO2)n1. The first kappa shape index (κ1) is 13.7. The molecule has 0 spiro atoms. The average molecular weight is 265 g/mol. The molecule has 1 aromatic rings. The number of aromatic carboxylic acids is 1. The fourth-order valence-electron chi connectivity index (χ4n) is 2.17. The maximum atomic E-state index is 11.0. The van der Waals surface area contributed by atoms with E-state index < -0.39 is 5.97 Å². The Labute approximate surface area is 112 Å². The Bertz CT molecular complexity index is 458. The summed E-state index contributed by atoms with van der Waals surface area (Å²) in [5.74, 6) is -0.597. The maximum Gasteiger partial charge on any atom is 0.354 e. The van der Waals surface area contributed by atoms with Crippen molar-refractivity contribution in [1.29, 1.82) is 0 Å². The van der Waals surface area contributed by atoms with Crippen LogP contribution in [0.1, 0.15) is 35.4 Å². The summed E-state index contributed by atoms with van der Waals surface area (Å²) >= 11 is 0. The molecular weight excluding hydrogens is 246 g/mol. The van der Waals surface area contributed by atoms with Crippen molar-refractivity contribution >= 4 is 11.9 Å². The number of aromatic nitrogens is 2. The molecule has 2 rings (SSSR count). The van der Waals surface area contributed by atoms with Crippen molar-refractivity contribution in [1.82, 2.24) is 9.97 Å². The molecule has 6 heteroatoms. The number of carboxylic acids is 1. The van der Waals surface area contributed by atoms with Crippen LogP contribution in [0.4, 0.5) is 5.95 Å². The van der Waals surface area contributed by atoms with Gasteiger partial charge in [-0.15, -0.1) is 0 Å². The first-order chi connectivity index (χ1) is 9.06. The van der Waals surface area contributed by atoms with Gasteiger partial charge in [-0.25, -0.2) is 14.8 Å². The summed E-state index contributed by atoms with van der Waals surface area (Å²) in [6, 6.07) is 1.47. The third kappa shape index (κ3) is 3.64. The second kappa shape index (κ2) is 5.97. The highest BCUT2D eigenvalue weighted by molar-refractivity contribution is 5.85. The minimum atomic E-state index is -1.03. The van der Waals surface area contributed by atoms with E-state index in [1.54, 1.807) is 6.92 Å². The Hall–Kier alpha value is -1.69.